The van der Waals surface area contributed by atoms with Gasteiger partial charge in [-0.2, -0.15) is 0 Å². The van der Waals surface area contributed by atoms with Crippen molar-refractivity contribution in [2.45, 2.75) is 32.1 Å². The lowest BCUT2D eigenvalue weighted by atomic mass is 10.0. The molecule has 118 valence electrons. The van der Waals surface area contributed by atoms with Crippen molar-refractivity contribution in [3.63, 3.8) is 0 Å². The Labute approximate surface area is 137 Å². The minimum Gasteiger partial charge on any atom is -0.280 e. The SMILES string of the molecule is Cc1ccc(NS(=O)(=O)c2ccc(CC(C)C)cc2)cc1Cl. The van der Waals surface area contributed by atoms with Crippen molar-refractivity contribution >= 4 is 27.3 Å². The van der Waals surface area contributed by atoms with Crippen molar-refractivity contribution in [1.82, 2.24) is 0 Å². The van der Waals surface area contributed by atoms with Gasteiger partial charge in [-0.25, -0.2) is 8.42 Å². The van der Waals surface area contributed by atoms with E-state index >= 15 is 0 Å². The average molecular weight is 338 g/mol. The van der Waals surface area contributed by atoms with Crippen LogP contribution in [0.4, 0.5) is 5.69 Å². The Morgan fingerprint density at radius 1 is 1.09 bits per heavy atom. The van der Waals surface area contributed by atoms with Gasteiger partial charge in [-0.15, -0.1) is 0 Å². The van der Waals surface area contributed by atoms with Crippen LogP contribution in [-0.2, 0) is 16.4 Å². The highest BCUT2D eigenvalue weighted by atomic mass is 35.5. The molecule has 0 aliphatic heterocycles. The summed E-state index contributed by atoms with van der Waals surface area (Å²) in [6.45, 7) is 6.13. The van der Waals surface area contributed by atoms with Crippen molar-refractivity contribution in [1.29, 1.82) is 0 Å². The maximum Gasteiger partial charge on any atom is 0.261 e. The van der Waals surface area contributed by atoms with Crippen LogP contribution in [0.15, 0.2) is 47.4 Å². The molecule has 0 saturated carbocycles. The largest absolute Gasteiger partial charge is 0.280 e. The topological polar surface area (TPSA) is 46.2 Å². The van der Waals surface area contributed by atoms with Crippen molar-refractivity contribution in [2.75, 3.05) is 4.72 Å². The predicted molar refractivity (Wildman–Crippen MR) is 92.0 cm³/mol. The van der Waals surface area contributed by atoms with Gasteiger partial charge in [0.25, 0.3) is 10.0 Å². The standard InChI is InChI=1S/C17H20ClNO2S/c1-12(2)10-14-5-8-16(9-6-14)22(20,21)19-15-7-4-13(3)17(18)11-15/h4-9,11-12,19H,10H2,1-3H3. The van der Waals surface area contributed by atoms with Crippen LogP contribution in [0.2, 0.25) is 5.02 Å². The van der Waals surface area contributed by atoms with E-state index in [-0.39, 0.29) is 4.90 Å². The number of nitrogens with one attached hydrogen (secondary N) is 1. The van der Waals surface area contributed by atoms with Crippen molar-refractivity contribution in [3.05, 3.63) is 58.6 Å². The van der Waals surface area contributed by atoms with E-state index in [9.17, 15) is 8.42 Å². The summed E-state index contributed by atoms with van der Waals surface area (Å²) < 4.78 is 27.3. The highest BCUT2D eigenvalue weighted by molar-refractivity contribution is 7.92. The molecule has 3 nitrogen and oxygen atoms in total. The molecular weight excluding hydrogens is 318 g/mol. The summed E-state index contributed by atoms with van der Waals surface area (Å²) in [6, 6.07) is 12.1. The normalized spacial score (nSPS) is 11.7. The van der Waals surface area contributed by atoms with Crippen LogP contribution in [-0.4, -0.2) is 8.42 Å². The van der Waals surface area contributed by atoms with E-state index in [0.29, 0.717) is 16.6 Å². The van der Waals surface area contributed by atoms with Gasteiger partial charge < -0.3 is 0 Å². The summed E-state index contributed by atoms with van der Waals surface area (Å²) in [5, 5.41) is 0.535. The molecule has 0 unspecified atom stereocenters. The molecule has 5 heteroatoms. The molecule has 22 heavy (non-hydrogen) atoms. The van der Waals surface area contributed by atoms with Crippen molar-refractivity contribution in [2.24, 2.45) is 5.92 Å². The fourth-order valence-corrected chi connectivity index (χ4v) is 3.38. The van der Waals surface area contributed by atoms with Crippen LogP contribution in [0, 0.1) is 12.8 Å². The summed E-state index contributed by atoms with van der Waals surface area (Å²) in [7, 11) is -3.60. The number of halogens is 1. The van der Waals surface area contributed by atoms with Crippen molar-refractivity contribution in [3.8, 4) is 0 Å². The molecule has 2 aromatic carbocycles. The minimum absolute atomic E-state index is 0.247. The third-order valence-electron chi connectivity index (χ3n) is 3.30. The smallest absolute Gasteiger partial charge is 0.261 e. The quantitative estimate of drug-likeness (QED) is 0.863. The van der Waals surface area contributed by atoms with Crippen LogP contribution in [0.1, 0.15) is 25.0 Å². The Hall–Kier alpha value is -1.52. The molecule has 0 atom stereocenters. The van der Waals surface area contributed by atoms with E-state index < -0.39 is 10.0 Å². The van der Waals surface area contributed by atoms with E-state index in [2.05, 4.69) is 18.6 Å². The van der Waals surface area contributed by atoms with Crippen LogP contribution >= 0.6 is 11.6 Å². The van der Waals surface area contributed by atoms with Crippen LogP contribution < -0.4 is 4.72 Å². The van der Waals surface area contributed by atoms with Gasteiger partial charge in [-0.05, 0) is 54.7 Å². The van der Waals surface area contributed by atoms with Gasteiger partial charge in [0.1, 0.15) is 0 Å². The molecule has 0 fully saturated rings. The molecule has 0 spiro atoms. The predicted octanol–water partition coefficient (Wildman–Crippen LogP) is 4.65. The van der Waals surface area contributed by atoms with Gasteiger partial charge >= 0.3 is 0 Å². The number of sulfonamides is 1. The molecule has 0 heterocycles. The molecule has 0 aromatic heterocycles. The second-order valence-corrected chi connectivity index (χ2v) is 7.90. The second-order valence-electron chi connectivity index (χ2n) is 5.81. The van der Waals surface area contributed by atoms with Gasteiger partial charge in [0, 0.05) is 5.02 Å². The van der Waals surface area contributed by atoms with Gasteiger partial charge in [0.15, 0.2) is 0 Å². The highest BCUT2D eigenvalue weighted by Gasteiger charge is 2.14. The van der Waals surface area contributed by atoms with Gasteiger partial charge in [0.2, 0.25) is 0 Å². The zero-order valence-electron chi connectivity index (χ0n) is 12.9. The highest BCUT2D eigenvalue weighted by Crippen LogP contribution is 2.23. The maximum atomic E-state index is 12.4. The van der Waals surface area contributed by atoms with Crippen LogP contribution in [0.25, 0.3) is 0 Å². The van der Waals surface area contributed by atoms with Crippen LogP contribution in [0.5, 0.6) is 0 Å². The lowest BCUT2D eigenvalue weighted by molar-refractivity contribution is 0.601. The molecular formula is C17H20ClNO2S. The lowest BCUT2D eigenvalue weighted by Gasteiger charge is -2.10. The van der Waals surface area contributed by atoms with Gasteiger partial charge in [-0.1, -0.05) is 43.6 Å². The maximum absolute atomic E-state index is 12.4. The molecule has 0 aliphatic carbocycles. The zero-order chi connectivity index (χ0) is 16.3. The average Bonchev–Trinajstić information content (AvgIpc) is 2.42. The fourth-order valence-electron chi connectivity index (χ4n) is 2.15. The molecule has 0 amide bonds. The molecule has 1 N–H and O–H groups in total. The van der Waals surface area contributed by atoms with E-state index in [1.165, 1.54) is 0 Å². The molecule has 0 aliphatic rings. The van der Waals surface area contributed by atoms with Crippen LogP contribution in [0.3, 0.4) is 0 Å². The number of rotatable bonds is 5. The number of hydrogen-bond acceptors (Lipinski definition) is 2. The molecule has 0 bridgehead atoms. The zero-order valence-corrected chi connectivity index (χ0v) is 14.5. The monoisotopic (exact) mass is 337 g/mol. The van der Waals surface area contributed by atoms with E-state index in [1.807, 2.05) is 19.1 Å². The molecule has 2 rings (SSSR count). The molecule has 0 radical (unpaired) electrons. The summed E-state index contributed by atoms with van der Waals surface area (Å²) in [5.74, 6) is 0.537. The molecule has 2 aromatic rings. The number of aryl methyl sites for hydroxylation is 1. The summed E-state index contributed by atoms with van der Waals surface area (Å²) >= 11 is 6.02. The first-order valence-corrected chi connectivity index (χ1v) is 9.02. The minimum atomic E-state index is -3.60. The third-order valence-corrected chi connectivity index (χ3v) is 5.11. The summed E-state index contributed by atoms with van der Waals surface area (Å²) in [5.41, 5.74) is 2.50. The Morgan fingerprint density at radius 2 is 1.73 bits per heavy atom. The third kappa shape index (κ3) is 4.24. The Balaban J connectivity index is 2.20. The fraction of sp³-hybridized carbons (Fsp3) is 0.294. The Kier molecular flexibility index (Phi) is 5.14. The van der Waals surface area contributed by atoms with Crippen molar-refractivity contribution < 1.29 is 8.42 Å². The van der Waals surface area contributed by atoms with E-state index in [1.54, 1.807) is 30.3 Å². The number of benzene rings is 2. The first kappa shape index (κ1) is 16.8. The summed E-state index contributed by atoms with van der Waals surface area (Å²) in [4.78, 5) is 0.247. The van der Waals surface area contributed by atoms with E-state index in [0.717, 1.165) is 17.5 Å². The Bertz CT molecular complexity index is 753. The number of hydrogen-bond donors (Lipinski definition) is 1. The first-order chi connectivity index (χ1) is 10.3. The lowest BCUT2D eigenvalue weighted by Crippen LogP contribution is -2.13. The number of anilines is 1. The first-order valence-electron chi connectivity index (χ1n) is 7.16. The van der Waals surface area contributed by atoms with Gasteiger partial charge in [0.05, 0.1) is 10.6 Å². The Morgan fingerprint density at radius 3 is 2.27 bits per heavy atom. The second kappa shape index (κ2) is 6.71. The van der Waals surface area contributed by atoms with Gasteiger partial charge in [-0.3, -0.25) is 4.72 Å². The molecule has 0 saturated heterocycles. The summed E-state index contributed by atoms with van der Waals surface area (Å²) in [6.07, 6.45) is 0.932. The van der Waals surface area contributed by atoms with E-state index in [4.69, 9.17) is 11.6 Å².